The van der Waals surface area contributed by atoms with Crippen LogP contribution in [0.15, 0.2) is 0 Å². The summed E-state index contributed by atoms with van der Waals surface area (Å²) in [6.07, 6.45) is 0. The van der Waals surface area contributed by atoms with Crippen LogP contribution in [0, 0.1) is 0 Å². The minimum absolute atomic E-state index is 0. The number of rotatable bonds is 0. The SMILES string of the molecule is O=P(O)(O)O.O=P(O)(O)O.O=P(O)(O)O.O=P(O)(O)O.O=P(O)(O)O.O=P(O)(O)O.O=P(O)(O)O.O=P(O)(O)O.O=P(O)(O)O.O=P(O)(O)O.[CaH2].[CaH2].[CaH2].[CaH2].[CaH2].[CaH2].[CaH2].[CaH2].[CaH2].[CaH2].[CaH2].[CaH2].[CaH2].[CaH2].[CaH2].[CaH2].[CaH2].[CaH2].[CaH2].[CaH2].[CaH2].[CaH2].[CaH2].[CaH2].[CaH2].[CaH2].[CaH2].[CaH2].[CaH2].[CaH2].[CaH2].[CaH2].[CaH2].[CaH2].[CaH2].[CaH2].[CaH2].[CaH2].[CaH2].[CaH2].[CaH2].[CaH2].[CaH2].[CaH2].[CaH2].[CaH2].[CaH2].[CaH2].[CaH2].[CaH2].[CaH2].[CaH2].[CaH2].[CaH2].[CaH2].[CaH2].[CaH2].[CaH2].[CaH2].[CaH2].[CaH2].[CaH2].[CaH2].[CaH2].[CaH2].[CaH2].[CaH2].[CaH2].[CaH2].[CaH2].[CaH2].[CaH2].[CaH2].[CaH2].[CaH2].[CaH2].[CaH2].[CaH2].[CaH2].[CaH2].[CaH2].[CaH2].[CaH2].[CaH2].[CaH2].[CaH2].[CaH2].[CaH2].[CaH2].[CaH2]. The molecule has 0 saturated heterocycles. The van der Waals surface area contributed by atoms with Crippen LogP contribution in [-0.4, -0.2) is 3540 Å². The van der Waals surface area contributed by atoms with Gasteiger partial charge in [-0.15, -0.1) is 0 Å². The summed E-state index contributed by atoms with van der Waals surface area (Å²) >= 11 is 0. The van der Waals surface area contributed by atoms with Gasteiger partial charge >= 0.3 is 3470 Å². The van der Waals surface area contributed by atoms with Crippen molar-refractivity contribution in [1.29, 1.82) is 0 Å². The molecule has 30 N–H and O–H groups in total. The summed E-state index contributed by atoms with van der Waals surface area (Å²) in [7, 11) is -46.4. The molecular formula is H210Ca90O40P10. The van der Waals surface area contributed by atoms with Crippen molar-refractivity contribution in [3.8, 4) is 0 Å². The van der Waals surface area contributed by atoms with E-state index in [0.29, 0.717) is 0 Å². The molecule has 0 rings (SSSR count). The van der Waals surface area contributed by atoms with Crippen LogP contribution in [0.4, 0.5) is 0 Å². The number of phosphoric acid groups is 10. The van der Waals surface area contributed by atoms with Crippen LogP contribution in [-0.2, 0) is 45.7 Å². The van der Waals surface area contributed by atoms with Crippen LogP contribution in [0.3, 0.4) is 0 Å². The molecule has 0 fully saturated rings. The fraction of sp³-hybridized carbons (Fsp3) is 0. The maximum absolute atomic E-state index is 8.88. The fourth-order valence-corrected chi connectivity index (χ4v) is 0. The molecule has 140 heteroatoms. The van der Waals surface area contributed by atoms with Crippen molar-refractivity contribution in [3.63, 3.8) is 0 Å². The standard InChI is InChI=1S/90Ca.10H3O4P.180H/c;;;;;;;;;;;;;;;;;;;;;;;;;;;;;;;;;;;;;;;;;;;;;;;;;;;;;;;;;;;;;;;;;;;;;;;;;;;;;;;;;;;;;;;;;;10*1-5(2,3)4;;;;;;;;;;;;;;;;;;;;;;;;;;;;;;;;;;;;;;;;;;;;;;;;;;;;;;;;;;;;;;;;;;;;;;;;;;;;;;;;;;;;;;;;;;;;;;;;;;;;;;;;;;;;;;;;;;;;;;;;;;;;;;;;;;;;;;;;;;;;;;;;;;;;;;;;;;;;;;;;;;;;;;;;;;;;;;;;;;;;/h;;;;;;;;;;;;;;;;;;;;;;;;;;;;;;;;;;;;;;;;;;;;;;;;;;;;;;;;;;;;;;;;;;;;;;;;;;;;;;;;;;;;;;;;;;10*(H3,1,2,3,4);;;;;;;;;;;;;;;;;;;;;;;;;;;;;;;;;;;;;;;;;;;;;;;;;;;;;;;;;;;;;;;;;;;;;;;;;;;;;;;;;;;;;;;;;;;;;;;;;;;;;;;;;;;;;;;;;;;;;;;;;;;;;;;;;;;;;;;;;;;;;;;;;;;;;;;;;;;;;;;;;;;;;;;;;;;;;;;;;;;;. The Balaban J connectivity index is -0.00000000121. The molecule has 0 aromatic rings. The van der Waals surface area contributed by atoms with Crippen LogP contribution in [0.2, 0.25) is 0 Å². The Kier molecular flexibility index (Phi) is 2600. The Morgan fingerprint density at radius 3 is 0.0500 bits per heavy atom. The van der Waals surface area contributed by atoms with Crippen LogP contribution >= 0.6 is 78.2 Å². The molecule has 0 saturated carbocycles. The molecule has 140 heavy (non-hydrogen) atoms. The average Bonchev–Trinajstić information content (AvgIpc) is 2.34. The molecule has 0 spiro atoms. The first-order valence-corrected chi connectivity index (χ1v) is 23.5. The average molecular weight is 4770 g/mol. The predicted molar refractivity (Wildman–Crippen MR) is 912 cm³/mol. The second kappa shape index (κ2) is 531. The Hall–Kier alpha value is 114. The molecule has 0 bridgehead atoms. The Morgan fingerprint density at radius 1 is 0.0500 bits per heavy atom. The van der Waals surface area contributed by atoms with Crippen molar-refractivity contribution >= 4 is 3470 Å². The van der Waals surface area contributed by atoms with E-state index in [1.54, 1.807) is 0 Å². The molecule has 0 aromatic carbocycles. The van der Waals surface area contributed by atoms with E-state index < -0.39 is 78.2 Å². The van der Waals surface area contributed by atoms with Gasteiger partial charge < -0.3 is 147 Å². The topological polar surface area (TPSA) is 778 Å². The van der Waals surface area contributed by atoms with Gasteiger partial charge in [-0.2, -0.15) is 0 Å². The summed E-state index contributed by atoms with van der Waals surface area (Å²) in [5.41, 5.74) is 0. The molecule has 0 atom stereocenters. The molecule has 0 heterocycles. The van der Waals surface area contributed by atoms with E-state index in [1.807, 2.05) is 0 Å². The van der Waals surface area contributed by atoms with Crippen molar-refractivity contribution in [2.45, 2.75) is 0 Å². The summed E-state index contributed by atoms with van der Waals surface area (Å²) in [5.74, 6) is 0. The molecular weight excluding hydrogens is 4560 g/mol. The normalized spacial score (nSPS) is 4.21. The molecule has 680 valence electrons. The fourth-order valence-electron chi connectivity index (χ4n) is 0. The van der Waals surface area contributed by atoms with Crippen molar-refractivity contribution < 1.29 is 192 Å². The molecule has 0 aromatic heterocycles. The van der Waals surface area contributed by atoms with Crippen molar-refractivity contribution in [2.24, 2.45) is 0 Å². The Bertz CT molecular complexity index is 962. The van der Waals surface area contributed by atoms with Gasteiger partial charge in [-0.3, -0.25) is 0 Å². The van der Waals surface area contributed by atoms with Gasteiger partial charge in [-0.25, -0.2) is 45.7 Å². The zero-order chi connectivity index (χ0) is 45.0. The Labute approximate surface area is 3520 Å². The van der Waals surface area contributed by atoms with Crippen molar-refractivity contribution in [2.75, 3.05) is 0 Å². The first-order chi connectivity index (χ1) is 20.0. The van der Waals surface area contributed by atoms with Gasteiger partial charge in [-0.05, 0) is 0 Å². The van der Waals surface area contributed by atoms with E-state index >= 15 is 0 Å². The summed E-state index contributed by atoms with van der Waals surface area (Å²) < 4.78 is 88.8. The third-order valence-electron chi connectivity index (χ3n) is 0. The van der Waals surface area contributed by atoms with Gasteiger partial charge in [-0.1, -0.05) is 0 Å². The zero-order valence-electron chi connectivity index (χ0n) is 22.0. The summed E-state index contributed by atoms with van der Waals surface area (Å²) in [4.78, 5) is 216. The number of hydrogen-bond donors (Lipinski definition) is 30. The molecule has 0 amide bonds. The second-order valence-corrected chi connectivity index (χ2v) is 15.4. The molecule has 40 nitrogen and oxygen atoms in total. The zero-order valence-corrected chi connectivity index (χ0v) is 30.9. The Morgan fingerprint density at radius 2 is 0.0500 bits per heavy atom. The second-order valence-electron chi connectivity index (χ2n) is 5.13. The monoisotopic (exact) mass is 4760 g/mol. The predicted octanol–water partition coefficient (Wildman–Crippen LogP) is -91.7. The molecule has 0 unspecified atom stereocenters. The maximum atomic E-state index is 8.88. The minimum atomic E-state index is -4.64. The van der Waals surface area contributed by atoms with Crippen LogP contribution < -0.4 is 0 Å². The third kappa shape index (κ3) is 1220. The molecule has 0 radical (unpaired) electrons. The summed E-state index contributed by atoms with van der Waals surface area (Å²) in [6.45, 7) is 0. The summed E-state index contributed by atoms with van der Waals surface area (Å²) in [5, 5.41) is 0. The third-order valence-corrected chi connectivity index (χ3v) is 0. The van der Waals surface area contributed by atoms with E-state index in [2.05, 4.69) is 0 Å². The summed E-state index contributed by atoms with van der Waals surface area (Å²) in [6, 6.07) is 0. The van der Waals surface area contributed by atoms with Gasteiger partial charge in [0.15, 0.2) is 0 Å². The molecule has 0 aliphatic heterocycles. The van der Waals surface area contributed by atoms with Crippen LogP contribution in [0.25, 0.3) is 0 Å². The molecule has 0 aliphatic rings. The van der Waals surface area contributed by atoms with E-state index in [4.69, 9.17) is 192 Å². The van der Waals surface area contributed by atoms with Crippen molar-refractivity contribution in [1.82, 2.24) is 0 Å². The first kappa shape index (κ1) is 685. The van der Waals surface area contributed by atoms with Crippen LogP contribution in [0.1, 0.15) is 0 Å². The van der Waals surface area contributed by atoms with E-state index in [1.165, 1.54) is 0 Å². The van der Waals surface area contributed by atoms with E-state index in [9.17, 15) is 0 Å². The van der Waals surface area contributed by atoms with E-state index in [-0.39, 0.29) is 3400 Å². The number of hydrogen-bond acceptors (Lipinski definition) is 10. The van der Waals surface area contributed by atoms with Gasteiger partial charge in [0, 0.05) is 0 Å². The van der Waals surface area contributed by atoms with Gasteiger partial charge in [0.05, 0.1) is 0 Å². The van der Waals surface area contributed by atoms with Gasteiger partial charge in [0.1, 0.15) is 0 Å². The van der Waals surface area contributed by atoms with E-state index in [0.717, 1.165) is 0 Å². The van der Waals surface area contributed by atoms with Gasteiger partial charge in [0.2, 0.25) is 0 Å². The first-order valence-electron chi connectivity index (χ1n) is 7.83. The quantitative estimate of drug-likeness (QED) is 0.0791. The van der Waals surface area contributed by atoms with Crippen molar-refractivity contribution in [3.05, 3.63) is 0 Å². The molecule has 0 aliphatic carbocycles. The van der Waals surface area contributed by atoms with Crippen LogP contribution in [0.5, 0.6) is 0 Å². The van der Waals surface area contributed by atoms with Gasteiger partial charge in [0.25, 0.3) is 0 Å².